The molecule has 0 radical (unpaired) electrons. The van der Waals surface area contributed by atoms with Gasteiger partial charge >= 0.3 is 0 Å². The van der Waals surface area contributed by atoms with Crippen LogP contribution < -0.4 is 5.56 Å². The van der Waals surface area contributed by atoms with Crippen molar-refractivity contribution in [1.29, 1.82) is 0 Å². The third-order valence-electron chi connectivity index (χ3n) is 3.48. The molecule has 0 saturated carbocycles. The van der Waals surface area contributed by atoms with E-state index in [2.05, 4.69) is 20.2 Å². The zero-order chi connectivity index (χ0) is 16.5. The minimum atomic E-state index is -0.0983. The lowest BCUT2D eigenvalue weighted by molar-refractivity contribution is 0.567. The van der Waals surface area contributed by atoms with Crippen molar-refractivity contribution in [3.05, 3.63) is 46.0 Å². The predicted molar refractivity (Wildman–Crippen MR) is 93.2 cm³/mol. The summed E-state index contributed by atoms with van der Waals surface area (Å²) in [5, 5.41) is 11.1. The molecule has 4 rings (SSSR count). The van der Waals surface area contributed by atoms with Crippen molar-refractivity contribution < 1.29 is 4.42 Å². The second-order valence-electron chi connectivity index (χ2n) is 4.96. The van der Waals surface area contributed by atoms with E-state index in [0.717, 1.165) is 17.2 Å². The monoisotopic (exact) mass is 359 g/mol. The van der Waals surface area contributed by atoms with Gasteiger partial charge in [0.05, 0.1) is 17.5 Å². The van der Waals surface area contributed by atoms with Crippen molar-refractivity contribution in [1.82, 2.24) is 24.7 Å². The lowest BCUT2D eigenvalue weighted by atomic mass is 10.4. The third-order valence-corrected chi connectivity index (χ3v) is 5.36. The average Bonchev–Trinajstić information content (AvgIpc) is 3.31. The van der Waals surface area contributed by atoms with E-state index in [0.29, 0.717) is 27.9 Å². The maximum absolute atomic E-state index is 12.0. The molecule has 0 aliphatic heterocycles. The fourth-order valence-electron chi connectivity index (χ4n) is 2.39. The number of aromatic nitrogens is 5. The maximum Gasteiger partial charge on any atom is 0.268 e. The van der Waals surface area contributed by atoms with Crippen LogP contribution in [0.1, 0.15) is 12.7 Å². The fourth-order valence-corrected chi connectivity index (χ4v) is 3.99. The molecule has 9 heteroatoms. The van der Waals surface area contributed by atoms with Crippen LogP contribution in [-0.2, 0) is 12.3 Å². The lowest BCUT2D eigenvalue weighted by Crippen LogP contribution is -2.09. The molecule has 0 fully saturated rings. The van der Waals surface area contributed by atoms with Crippen molar-refractivity contribution in [3.8, 4) is 11.6 Å². The van der Waals surface area contributed by atoms with Crippen LogP contribution in [0.25, 0.3) is 21.8 Å². The molecule has 4 heterocycles. The van der Waals surface area contributed by atoms with Crippen molar-refractivity contribution in [3.63, 3.8) is 0 Å². The van der Waals surface area contributed by atoms with Crippen LogP contribution in [0.2, 0.25) is 0 Å². The standard InChI is InChI=1S/C15H13N5O2S2/c1-2-20-13(10-4-3-6-22-10)18-19-15(20)24-8-11-16-9-5-7-23-12(9)14(21)17-11/h3-7H,2,8H2,1H3,(H,16,17,21). The van der Waals surface area contributed by atoms with Crippen molar-refractivity contribution in [2.24, 2.45) is 0 Å². The number of aromatic amines is 1. The highest BCUT2D eigenvalue weighted by Gasteiger charge is 2.15. The van der Waals surface area contributed by atoms with E-state index in [9.17, 15) is 4.79 Å². The van der Waals surface area contributed by atoms with E-state index in [1.165, 1.54) is 23.1 Å². The topological polar surface area (TPSA) is 89.6 Å². The maximum atomic E-state index is 12.0. The van der Waals surface area contributed by atoms with E-state index < -0.39 is 0 Å². The first-order chi connectivity index (χ1) is 11.8. The highest BCUT2D eigenvalue weighted by molar-refractivity contribution is 7.98. The van der Waals surface area contributed by atoms with Gasteiger partial charge in [-0.05, 0) is 30.5 Å². The molecule has 0 aromatic carbocycles. The molecule has 0 amide bonds. The molecule has 4 aromatic heterocycles. The second-order valence-corrected chi connectivity index (χ2v) is 6.82. The van der Waals surface area contributed by atoms with Crippen molar-refractivity contribution >= 4 is 33.3 Å². The van der Waals surface area contributed by atoms with Gasteiger partial charge in [0.15, 0.2) is 16.7 Å². The van der Waals surface area contributed by atoms with E-state index >= 15 is 0 Å². The number of fused-ring (bicyclic) bond motifs is 1. The highest BCUT2D eigenvalue weighted by atomic mass is 32.2. The van der Waals surface area contributed by atoms with Gasteiger partial charge in [-0.1, -0.05) is 11.8 Å². The van der Waals surface area contributed by atoms with E-state index in [1.807, 2.05) is 35.1 Å². The number of rotatable bonds is 5. The van der Waals surface area contributed by atoms with Crippen LogP contribution in [0.5, 0.6) is 0 Å². The molecule has 0 saturated heterocycles. The van der Waals surface area contributed by atoms with Crippen molar-refractivity contribution in [2.45, 2.75) is 24.4 Å². The summed E-state index contributed by atoms with van der Waals surface area (Å²) in [5.74, 6) is 2.51. The smallest absolute Gasteiger partial charge is 0.268 e. The van der Waals surface area contributed by atoms with Crippen LogP contribution in [0.4, 0.5) is 0 Å². The molecular weight excluding hydrogens is 346 g/mol. The van der Waals surface area contributed by atoms with Crippen LogP contribution in [-0.4, -0.2) is 24.7 Å². The Bertz CT molecular complexity index is 1030. The molecule has 24 heavy (non-hydrogen) atoms. The van der Waals surface area contributed by atoms with Gasteiger partial charge in [-0.25, -0.2) is 4.98 Å². The summed E-state index contributed by atoms with van der Waals surface area (Å²) < 4.78 is 8.03. The Kier molecular flexibility index (Phi) is 3.95. The molecule has 1 N–H and O–H groups in total. The Hall–Kier alpha value is -2.39. The van der Waals surface area contributed by atoms with Gasteiger partial charge in [-0.3, -0.25) is 9.36 Å². The highest BCUT2D eigenvalue weighted by Crippen LogP contribution is 2.26. The van der Waals surface area contributed by atoms with E-state index in [1.54, 1.807) is 6.26 Å². The molecule has 122 valence electrons. The second kappa shape index (κ2) is 6.25. The Morgan fingerprint density at radius 1 is 1.38 bits per heavy atom. The van der Waals surface area contributed by atoms with Gasteiger partial charge in [0.25, 0.3) is 5.56 Å². The molecule has 0 atom stereocenters. The zero-order valence-electron chi connectivity index (χ0n) is 12.7. The Labute approximate surface area is 144 Å². The van der Waals surface area contributed by atoms with E-state index in [-0.39, 0.29) is 5.56 Å². The number of hydrogen-bond acceptors (Lipinski definition) is 7. The summed E-state index contributed by atoms with van der Waals surface area (Å²) in [6.45, 7) is 2.75. The molecule has 4 aromatic rings. The lowest BCUT2D eigenvalue weighted by Gasteiger charge is -2.05. The molecule has 7 nitrogen and oxygen atoms in total. The van der Waals surface area contributed by atoms with Gasteiger partial charge in [0.2, 0.25) is 0 Å². The first kappa shape index (κ1) is 15.2. The minimum Gasteiger partial charge on any atom is -0.461 e. The minimum absolute atomic E-state index is 0.0983. The number of furan rings is 1. The van der Waals surface area contributed by atoms with Gasteiger partial charge in [0.1, 0.15) is 10.5 Å². The number of hydrogen-bond donors (Lipinski definition) is 1. The van der Waals surface area contributed by atoms with Crippen LogP contribution in [0.3, 0.4) is 0 Å². The normalized spacial score (nSPS) is 11.4. The average molecular weight is 359 g/mol. The van der Waals surface area contributed by atoms with Gasteiger partial charge < -0.3 is 9.40 Å². The Morgan fingerprint density at radius 2 is 2.29 bits per heavy atom. The fraction of sp³-hybridized carbons (Fsp3) is 0.200. The molecule has 0 aliphatic carbocycles. The van der Waals surface area contributed by atoms with Gasteiger partial charge in [0, 0.05) is 6.54 Å². The number of thioether (sulfide) groups is 1. The number of thiophene rings is 1. The van der Waals surface area contributed by atoms with Crippen LogP contribution in [0.15, 0.2) is 44.2 Å². The summed E-state index contributed by atoms with van der Waals surface area (Å²) in [6, 6.07) is 5.53. The largest absolute Gasteiger partial charge is 0.461 e. The molecule has 0 unspecified atom stereocenters. The number of H-pyrrole nitrogens is 1. The van der Waals surface area contributed by atoms with Gasteiger partial charge in [-0.2, -0.15) is 0 Å². The first-order valence-electron chi connectivity index (χ1n) is 7.32. The molecule has 0 aliphatic rings. The summed E-state index contributed by atoms with van der Waals surface area (Å²) >= 11 is 2.88. The Morgan fingerprint density at radius 3 is 3.08 bits per heavy atom. The predicted octanol–water partition coefficient (Wildman–Crippen LogP) is 3.15. The zero-order valence-corrected chi connectivity index (χ0v) is 14.4. The molecule has 0 bridgehead atoms. The van der Waals surface area contributed by atoms with E-state index in [4.69, 9.17) is 4.42 Å². The third kappa shape index (κ3) is 2.65. The summed E-state index contributed by atoms with van der Waals surface area (Å²) in [7, 11) is 0. The van der Waals surface area contributed by atoms with Crippen LogP contribution in [0, 0.1) is 0 Å². The Balaban J connectivity index is 1.60. The van der Waals surface area contributed by atoms with Gasteiger partial charge in [-0.15, -0.1) is 21.5 Å². The van der Waals surface area contributed by atoms with Crippen LogP contribution >= 0.6 is 23.1 Å². The quantitative estimate of drug-likeness (QED) is 0.551. The summed E-state index contributed by atoms with van der Waals surface area (Å²) in [4.78, 5) is 19.3. The SMILES string of the molecule is CCn1c(SCc2nc3ccsc3c(=O)[nH]2)nnc1-c1ccco1. The van der Waals surface area contributed by atoms with Crippen molar-refractivity contribution in [2.75, 3.05) is 0 Å². The number of nitrogens with zero attached hydrogens (tertiary/aromatic N) is 4. The number of nitrogens with one attached hydrogen (secondary N) is 1. The summed E-state index contributed by atoms with van der Waals surface area (Å²) in [6.07, 6.45) is 1.61. The molecular formula is C15H13N5O2S2. The molecule has 0 spiro atoms. The first-order valence-corrected chi connectivity index (χ1v) is 9.19. The summed E-state index contributed by atoms with van der Waals surface area (Å²) in [5.41, 5.74) is 0.631.